The molecule has 0 aromatic heterocycles. The molecule has 0 heterocycles. The normalized spacial score (nSPS) is 11.4. The third-order valence-electron chi connectivity index (χ3n) is 8.73. The number of nitriles is 2. The summed E-state index contributed by atoms with van der Waals surface area (Å²) in [7, 11) is 3.28. The molecule has 0 radical (unpaired) electrons. The Morgan fingerprint density at radius 2 is 0.736 bits per heavy atom. The zero-order valence-electron chi connectivity index (χ0n) is 29.4. The first kappa shape index (κ1) is 36.8. The first-order valence-corrected chi connectivity index (χ1v) is 18.7. The summed E-state index contributed by atoms with van der Waals surface area (Å²) in [6.45, 7) is 0. The van der Waals surface area contributed by atoms with Crippen LogP contribution < -0.4 is 9.47 Å². The molecule has 7 heteroatoms. The van der Waals surface area contributed by atoms with Gasteiger partial charge >= 0.3 is 0 Å². The molecule has 53 heavy (non-hydrogen) atoms. The Labute approximate surface area is 320 Å². The lowest BCUT2D eigenvalue weighted by atomic mass is 9.95. The second-order valence-corrected chi connectivity index (χ2v) is 13.6. The Morgan fingerprint density at radius 1 is 0.453 bits per heavy atom. The van der Waals surface area contributed by atoms with Gasteiger partial charge in [-0.1, -0.05) is 121 Å². The van der Waals surface area contributed by atoms with Gasteiger partial charge in [0.15, 0.2) is 0 Å². The highest BCUT2D eigenvalue weighted by atomic mass is 32.2. The van der Waals surface area contributed by atoms with Crippen molar-refractivity contribution in [3.8, 4) is 45.9 Å². The van der Waals surface area contributed by atoms with Gasteiger partial charge in [0.25, 0.3) is 0 Å². The predicted molar refractivity (Wildman–Crippen MR) is 219 cm³/mol. The number of methoxy groups -OCH3 is 2. The fourth-order valence-electron chi connectivity index (χ4n) is 5.83. The SMILES string of the molecule is COc1ccc(/C(=C/C#N)c2ccc(-c3ccc(CSOSCc4ccc(-c5ccc(/C(=C\C#N)c6ccc(OC)cc6)cc5)cc4)cc3)cc2)cc1. The average Bonchev–Trinajstić information content (AvgIpc) is 3.22. The highest BCUT2D eigenvalue weighted by molar-refractivity contribution is 8.07. The third kappa shape index (κ3) is 9.68. The molecule has 0 saturated heterocycles. The van der Waals surface area contributed by atoms with Gasteiger partial charge in [-0.3, -0.25) is 0 Å². The first-order chi connectivity index (χ1) is 26.1. The van der Waals surface area contributed by atoms with Crippen molar-refractivity contribution >= 4 is 35.2 Å². The van der Waals surface area contributed by atoms with Crippen LogP contribution in [0.3, 0.4) is 0 Å². The zero-order chi connectivity index (χ0) is 36.8. The van der Waals surface area contributed by atoms with E-state index in [4.69, 9.17) is 13.1 Å². The van der Waals surface area contributed by atoms with E-state index in [0.717, 1.165) is 78.7 Å². The molecule has 0 atom stereocenters. The van der Waals surface area contributed by atoms with E-state index in [1.165, 1.54) is 35.2 Å². The molecule has 0 amide bonds. The highest BCUT2D eigenvalue weighted by Gasteiger charge is 2.09. The summed E-state index contributed by atoms with van der Waals surface area (Å²) >= 11 is 2.87. The number of benzene rings is 6. The van der Waals surface area contributed by atoms with Crippen molar-refractivity contribution in [1.29, 1.82) is 10.5 Å². The summed E-state index contributed by atoms with van der Waals surface area (Å²) in [6.07, 6.45) is 3.17. The van der Waals surface area contributed by atoms with Crippen molar-refractivity contribution in [2.24, 2.45) is 0 Å². The molecular formula is C46H36N2O3S2. The number of allylic oxidation sites excluding steroid dienone is 2. The molecule has 6 aromatic rings. The molecule has 0 aliphatic heterocycles. The van der Waals surface area contributed by atoms with Crippen LogP contribution in [0.1, 0.15) is 33.4 Å². The lowest BCUT2D eigenvalue weighted by molar-refractivity contribution is 0.414. The van der Waals surface area contributed by atoms with Gasteiger partial charge in [-0.15, -0.1) is 0 Å². The molecule has 260 valence electrons. The van der Waals surface area contributed by atoms with Gasteiger partial charge in [0, 0.05) is 47.7 Å². The van der Waals surface area contributed by atoms with Crippen LogP contribution in [0.2, 0.25) is 0 Å². The Morgan fingerprint density at radius 3 is 1.02 bits per heavy atom. The highest BCUT2D eigenvalue weighted by Crippen LogP contribution is 2.31. The molecule has 0 fully saturated rings. The minimum atomic E-state index is 0.745. The number of rotatable bonds is 14. The topological polar surface area (TPSA) is 75.3 Å². The summed E-state index contributed by atoms with van der Waals surface area (Å²) in [4.78, 5) is 0. The Balaban J connectivity index is 0.965. The average molecular weight is 729 g/mol. The van der Waals surface area contributed by atoms with Crippen molar-refractivity contribution in [1.82, 2.24) is 0 Å². The minimum Gasteiger partial charge on any atom is -0.497 e. The maximum absolute atomic E-state index is 9.40. The summed E-state index contributed by atoms with van der Waals surface area (Å²) in [6, 6.07) is 53.5. The van der Waals surface area contributed by atoms with E-state index in [1.54, 1.807) is 26.4 Å². The van der Waals surface area contributed by atoms with Gasteiger partial charge in [0.1, 0.15) is 11.5 Å². The van der Waals surface area contributed by atoms with Crippen LogP contribution >= 0.6 is 24.1 Å². The zero-order valence-corrected chi connectivity index (χ0v) is 31.0. The Bertz CT molecular complexity index is 2080. The van der Waals surface area contributed by atoms with Crippen LogP contribution in [0.4, 0.5) is 0 Å². The van der Waals surface area contributed by atoms with Gasteiger partial charge in [0.2, 0.25) is 0 Å². The molecule has 0 aliphatic rings. The molecule has 0 unspecified atom stereocenters. The molecule has 5 nitrogen and oxygen atoms in total. The summed E-state index contributed by atoms with van der Waals surface area (Å²) < 4.78 is 16.4. The molecule has 6 rings (SSSR count). The van der Waals surface area contributed by atoms with Gasteiger partial charge in [0.05, 0.1) is 26.4 Å². The van der Waals surface area contributed by atoms with E-state index in [9.17, 15) is 10.5 Å². The van der Waals surface area contributed by atoms with E-state index in [-0.39, 0.29) is 0 Å². The van der Waals surface area contributed by atoms with Crippen molar-refractivity contribution in [2.45, 2.75) is 11.5 Å². The number of hydrogen-bond acceptors (Lipinski definition) is 7. The van der Waals surface area contributed by atoms with Crippen molar-refractivity contribution in [3.05, 3.63) is 191 Å². The van der Waals surface area contributed by atoms with E-state index in [1.807, 2.05) is 48.5 Å². The largest absolute Gasteiger partial charge is 0.497 e. The van der Waals surface area contributed by atoms with Gasteiger partial charge in [-0.2, -0.15) is 10.5 Å². The van der Waals surface area contributed by atoms with Crippen LogP contribution in [0.5, 0.6) is 11.5 Å². The van der Waals surface area contributed by atoms with E-state index < -0.39 is 0 Å². The van der Waals surface area contributed by atoms with Crippen molar-refractivity contribution in [2.75, 3.05) is 14.2 Å². The van der Waals surface area contributed by atoms with Crippen LogP contribution in [0, 0.1) is 22.7 Å². The first-order valence-electron chi connectivity index (χ1n) is 16.9. The summed E-state index contributed by atoms with van der Waals surface area (Å²) in [5, 5.41) is 18.8. The minimum absolute atomic E-state index is 0.745. The fraction of sp³-hybridized carbons (Fsp3) is 0.0870. The lowest BCUT2D eigenvalue weighted by Crippen LogP contribution is -1.90. The monoisotopic (exact) mass is 728 g/mol. The predicted octanol–water partition coefficient (Wildman–Crippen LogP) is 12.0. The van der Waals surface area contributed by atoms with E-state index in [0.29, 0.717) is 0 Å². The summed E-state index contributed by atoms with van der Waals surface area (Å²) in [5.41, 5.74) is 12.5. The van der Waals surface area contributed by atoms with Crippen LogP contribution in [0.15, 0.2) is 158 Å². The Kier molecular flexibility index (Phi) is 12.9. The second kappa shape index (κ2) is 18.5. The van der Waals surface area contributed by atoms with Crippen LogP contribution in [0.25, 0.3) is 33.4 Å². The van der Waals surface area contributed by atoms with Crippen molar-refractivity contribution < 1.29 is 13.1 Å². The van der Waals surface area contributed by atoms with Gasteiger partial charge < -0.3 is 9.47 Å². The molecule has 0 N–H and O–H groups in total. The number of ether oxygens (including phenoxy) is 2. The molecule has 0 bridgehead atoms. The molecular weight excluding hydrogens is 693 g/mol. The molecule has 0 spiro atoms. The lowest BCUT2D eigenvalue weighted by Gasteiger charge is -2.10. The molecule has 6 aromatic carbocycles. The fourth-order valence-corrected chi connectivity index (χ4v) is 7.14. The molecule has 0 saturated carbocycles. The maximum atomic E-state index is 9.40. The van der Waals surface area contributed by atoms with Gasteiger partial charge in [-0.25, -0.2) is 3.63 Å². The second-order valence-electron chi connectivity index (χ2n) is 12.0. The quantitative estimate of drug-likeness (QED) is 0.0628. The maximum Gasteiger partial charge on any atom is 0.118 e. The summed E-state index contributed by atoms with van der Waals surface area (Å²) in [5.74, 6) is 3.05. The third-order valence-corrected chi connectivity index (χ3v) is 10.4. The van der Waals surface area contributed by atoms with Crippen molar-refractivity contribution in [3.63, 3.8) is 0 Å². The van der Waals surface area contributed by atoms with Crippen LogP contribution in [-0.2, 0) is 15.1 Å². The van der Waals surface area contributed by atoms with E-state index in [2.05, 4.69) is 109 Å². The van der Waals surface area contributed by atoms with Crippen LogP contribution in [-0.4, -0.2) is 14.2 Å². The smallest absolute Gasteiger partial charge is 0.118 e. The van der Waals surface area contributed by atoms with E-state index >= 15 is 0 Å². The molecule has 0 aliphatic carbocycles. The standard InChI is InChI=1S/C46H36N2O3S2/c1-49-43-23-19-41(20-24-43)45(27-29-47)39-15-11-37(12-16-39)35-7-3-33(4-8-35)31-52-51-53-32-34-5-9-36(10-6-34)38-13-17-40(18-14-38)46(28-30-48)42-21-25-44(50-2)26-22-42/h3-28H,31-32H2,1-2H3/b45-27+,46-28+. The van der Waals surface area contributed by atoms with Gasteiger partial charge in [-0.05, 0) is 91.0 Å². The number of hydrogen-bond donors (Lipinski definition) is 0. The number of nitrogens with zero attached hydrogens (tertiary/aromatic N) is 2. The Hall–Kier alpha value is -5.96.